The molecule has 0 spiro atoms. The summed E-state index contributed by atoms with van der Waals surface area (Å²) in [5.74, 6) is 1.03. The van der Waals surface area contributed by atoms with Crippen LogP contribution >= 0.6 is 22.6 Å². The summed E-state index contributed by atoms with van der Waals surface area (Å²) in [5.41, 5.74) is 2.83. The van der Waals surface area contributed by atoms with Crippen molar-refractivity contribution in [2.75, 3.05) is 7.11 Å². The van der Waals surface area contributed by atoms with Gasteiger partial charge in [-0.1, -0.05) is 36.4 Å². The van der Waals surface area contributed by atoms with Gasteiger partial charge in [-0.15, -0.1) is 0 Å². The molecule has 0 N–H and O–H groups in total. The first-order valence-electron chi connectivity index (χ1n) is 9.25. The number of carbonyl (C=O) groups is 1. The van der Waals surface area contributed by atoms with Gasteiger partial charge in [-0.25, -0.2) is 9.79 Å². The van der Waals surface area contributed by atoms with Crippen LogP contribution in [0, 0.1) is 3.57 Å². The third-order valence-corrected chi connectivity index (χ3v) is 5.09. The Morgan fingerprint density at radius 1 is 1.00 bits per heavy atom. The van der Waals surface area contributed by atoms with Crippen LogP contribution in [0.5, 0.6) is 11.5 Å². The van der Waals surface area contributed by atoms with Crippen LogP contribution in [0.4, 0.5) is 0 Å². The van der Waals surface area contributed by atoms with E-state index < -0.39 is 5.97 Å². The lowest BCUT2D eigenvalue weighted by Crippen LogP contribution is -2.04. The number of rotatable bonds is 6. The number of halogens is 1. The molecule has 0 fully saturated rings. The summed E-state index contributed by atoms with van der Waals surface area (Å²) in [6.45, 7) is 0.435. The van der Waals surface area contributed by atoms with Crippen molar-refractivity contribution >= 4 is 40.5 Å². The minimum Gasteiger partial charge on any atom is -0.493 e. The Kier molecular flexibility index (Phi) is 6.13. The Hall–Kier alpha value is -3.13. The van der Waals surface area contributed by atoms with E-state index in [-0.39, 0.29) is 5.70 Å². The van der Waals surface area contributed by atoms with Crippen LogP contribution in [0.25, 0.3) is 6.08 Å². The quantitative estimate of drug-likeness (QED) is 0.259. The molecule has 1 heterocycles. The number of aliphatic imine (C=N–C) groups is 1. The van der Waals surface area contributed by atoms with Gasteiger partial charge in [-0.2, -0.15) is 0 Å². The molecule has 0 aromatic heterocycles. The number of methoxy groups -OCH3 is 1. The van der Waals surface area contributed by atoms with Crippen LogP contribution in [0.15, 0.2) is 83.5 Å². The Morgan fingerprint density at radius 2 is 1.83 bits per heavy atom. The van der Waals surface area contributed by atoms with Crippen molar-refractivity contribution in [1.82, 2.24) is 0 Å². The van der Waals surface area contributed by atoms with Crippen molar-refractivity contribution in [2.45, 2.75) is 6.61 Å². The van der Waals surface area contributed by atoms with Crippen molar-refractivity contribution in [1.29, 1.82) is 0 Å². The fourth-order valence-electron chi connectivity index (χ4n) is 2.95. The van der Waals surface area contributed by atoms with Gasteiger partial charge in [0.15, 0.2) is 17.2 Å². The van der Waals surface area contributed by atoms with Crippen molar-refractivity contribution in [3.8, 4) is 11.5 Å². The second-order valence-electron chi connectivity index (χ2n) is 6.53. The van der Waals surface area contributed by atoms with E-state index in [2.05, 4.69) is 33.6 Å². The monoisotopic (exact) mass is 511 g/mol. The maximum Gasteiger partial charge on any atom is 0.363 e. The van der Waals surface area contributed by atoms with Gasteiger partial charge in [0.1, 0.15) is 6.61 Å². The average molecular weight is 511 g/mol. The van der Waals surface area contributed by atoms with E-state index in [1.165, 1.54) is 0 Å². The first-order chi connectivity index (χ1) is 14.6. The first-order valence-corrected chi connectivity index (χ1v) is 10.3. The smallest absolute Gasteiger partial charge is 0.363 e. The molecule has 0 atom stereocenters. The molecule has 6 heteroatoms. The summed E-state index contributed by atoms with van der Waals surface area (Å²) < 4.78 is 17.8. The summed E-state index contributed by atoms with van der Waals surface area (Å²) in [6.07, 6.45) is 1.67. The van der Waals surface area contributed by atoms with E-state index >= 15 is 0 Å². The minimum atomic E-state index is -0.480. The number of carbonyl (C=O) groups excluding carboxylic acids is 1. The number of benzene rings is 3. The van der Waals surface area contributed by atoms with Gasteiger partial charge in [0.2, 0.25) is 5.90 Å². The summed E-state index contributed by atoms with van der Waals surface area (Å²) in [6, 6.07) is 22.9. The summed E-state index contributed by atoms with van der Waals surface area (Å²) >= 11 is 2.27. The molecule has 1 aliphatic heterocycles. The molecule has 1 aliphatic rings. The number of nitrogens with zero attached hydrogens (tertiary/aromatic N) is 1. The molecule has 30 heavy (non-hydrogen) atoms. The maximum absolute atomic E-state index is 12.2. The van der Waals surface area contributed by atoms with Gasteiger partial charge in [0.25, 0.3) is 0 Å². The van der Waals surface area contributed by atoms with Crippen LogP contribution in [0.3, 0.4) is 0 Å². The van der Waals surface area contributed by atoms with E-state index in [1.807, 2.05) is 60.7 Å². The van der Waals surface area contributed by atoms with Crippen LogP contribution in [0.1, 0.15) is 16.7 Å². The molecule has 3 aromatic rings. The van der Waals surface area contributed by atoms with Crippen molar-refractivity contribution in [2.24, 2.45) is 4.99 Å². The molecule has 5 nitrogen and oxygen atoms in total. The number of esters is 1. The largest absolute Gasteiger partial charge is 0.493 e. The van der Waals surface area contributed by atoms with Crippen LogP contribution in [-0.4, -0.2) is 19.0 Å². The minimum absolute atomic E-state index is 0.239. The Bertz CT molecular complexity index is 1140. The molecule has 0 radical (unpaired) electrons. The van der Waals surface area contributed by atoms with Gasteiger partial charge in [0.05, 0.1) is 7.11 Å². The zero-order valence-electron chi connectivity index (χ0n) is 16.2. The van der Waals surface area contributed by atoms with E-state index in [1.54, 1.807) is 19.3 Å². The highest BCUT2D eigenvalue weighted by molar-refractivity contribution is 14.1. The van der Waals surface area contributed by atoms with Crippen molar-refractivity contribution < 1.29 is 19.0 Å². The molecular weight excluding hydrogens is 493 g/mol. The van der Waals surface area contributed by atoms with Crippen molar-refractivity contribution in [3.05, 3.63) is 98.8 Å². The highest BCUT2D eigenvalue weighted by atomic mass is 127. The molecule has 0 unspecified atom stereocenters. The number of cyclic esters (lactones) is 1. The zero-order valence-corrected chi connectivity index (χ0v) is 18.3. The van der Waals surface area contributed by atoms with E-state index in [0.29, 0.717) is 24.0 Å². The third-order valence-electron chi connectivity index (χ3n) is 4.42. The molecule has 150 valence electrons. The highest BCUT2D eigenvalue weighted by Crippen LogP contribution is 2.30. The van der Waals surface area contributed by atoms with Gasteiger partial charge >= 0.3 is 5.97 Å². The SMILES string of the molecule is COc1cc(/C=C2\N=C(c3ccccc3)OC2=O)ccc1OCc1cccc(I)c1. The third kappa shape index (κ3) is 4.71. The predicted molar refractivity (Wildman–Crippen MR) is 124 cm³/mol. The van der Waals surface area contributed by atoms with E-state index in [4.69, 9.17) is 14.2 Å². The lowest BCUT2D eigenvalue weighted by atomic mass is 10.1. The molecule has 0 amide bonds. The first kappa shape index (κ1) is 20.2. The molecule has 0 saturated heterocycles. The molecule has 0 bridgehead atoms. The molecule has 4 rings (SSSR count). The average Bonchev–Trinajstić information content (AvgIpc) is 3.13. The van der Waals surface area contributed by atoms with Gasteiger partial charge in [0, 0.05) is 9.13 Å². The number of hydrogen-bond donors (Lipinski definition) is 0. The van der Waals surface area contributed by atoms with Gasteiger partial charge in [-0.05, 0) is 76.2 Å². The second-order valence-corrected chi connectivity index (χ2v) is 7.78. The molecule has 0 saturated carbocycles. The lowest BCUT2D eigenvalue weighted by Gasteiger charge is -2.11. The van der Waals surface area contributed by atoms with Crippen molar-refractivity contribution in [3.63, 3.8) is 0 Å². The normalized spacial score (nSPS) is 14.4. The Labute approximate surface area is 188 Å². The fraction of sp³-hybridized carbons (Fsp3) is 0.0833. The van der Waals surface area contributed by atoms with Gasteiger partial charge in [-0.3, -0.25) is 0 Å². The highest BCUT2D eigenvalue weighted by Gasteiger charge is 2.24. The van der Waals surface area contributed by atoms with Gasteiger partial charge < -0.3 is 14.2 Å². The van der Waals surface area contributed by atoms with E-state index in [9.17, 15) is 4.79 Å². The Morgan fingerprint density at radius 3 is 2.60 bits per heavy atom. The van der Waals surface area contributed by atoms with Crippen LogP contribution in [0.2, 0.25) is 0 Å². The lowest BCUT2D eigenvalue weighted by molar-refractivity contribution is -0.129. The van der Waals surface area contributed by atoms with E-state index in [0.717, 1.165) is 20.3 Å². The maximum atomic E-state index is 12.2. The summed E-state index contributed by atoms with van der Waals surface area (Å²) in [7, 11) is 1.58. The topological polar surface area (TPSA) is 57.1 Å². The fourth-order valence-corrected chi connectivity index (χ4v) is 3.56. The summed E-state index contributed by atoms with van der Waals surface area (Å²) in [5, 5.41) is 0. The summed E-state index contributed by atoms with van der Waals surface area (Å²) in [4.78, 5) is 16.5. The Balaban J connectivity index is 1.54. The molecule has 0 aliphatic carbocycles. The number of hydrogen-bond acceptors (Lipinski definition) is 5. The molecule has 3 aromatic carbocycles. The molecular formula is C24H18INO4. The second kappa shape index (κ2) is 9.13. The van der Waals surface area contributed by atoms with Crippen LogP contribution < -0.4 is 9.47 Å². The zero-order chi connectivity index (χ0) is 20.9. The van der Waals surface area contributed by atoms with Crippen LogP contribution in [-0.2, 0) is 16.1 Å². The predicted octanol–water partition coefficient (Wildman–Crippen LogP) is 5.22. The standard InChI is InChI=1S/C24H18INO4/c1-28-22-14-16(10-11-21(22)29-15-17-6-5-9-19(25)12-17)13-20-24(27)30-23(26-20)18-7-3-2-4-8-18/h2-14H,15H2,1H3/b20-13-. The number of ether oxygens (including phenoxy) is 3.